The van der Waals surface area contributed by atoms with E-state index in [0.717, 1.165) is 38.3 Å². The molecule has 19 heavy (non-hydrogen) atoms. The van der Waals surface area contributed by atoms with E-state index in [1.54, 1.807) is 0 Å². The molecule has 2 rings (SSSR count). The summed E-state index contributed by atoms with van der Waals surface area (Å²) in [6.07, 6.45) is 8.91. The minimum Gasteiger partial charge on any atom is -0.494 e. The Labute approximate surface area is 116 Å². The minimum absolute atomic E-state index is 0.787. The van der Waals surface area contributed by atoms with Crippen LogP contribution in [0.1, 0.15) is 25.3 Å². The second-order valence-electron chi connectivity index (χ2n) is 5.04. The molecule has 0 spiro atoms. The van der Waals surface area contributed by atoms with Gasteiger partial charge in [0.2, 0.25) is 0 Å². The predicted octanol–water partition coefficient (Wildman–Crippen LogP) is 3.75. The zero-order chi connectivity index (χ0) is 13.5. The molecule has 2 nitrogen and oxygen atoms in total. The van der Waals surface area contributed by atoms with Crippen molar-refractivity contribution >= 4 is 6.08 Å². The first-order valence-electron chi connectivity index (χ1n) is 7.06. The summed E-state index contributed by atoms with van der Waals surface area (Å²) in [5, 5.41) is 0. The van der Waals surface area contributed by atoms with Crippen LogP contribution in [0.25, 0.3) is 6.08 Å². The molecule has 0 aromatic heterocycles. The second-order valence-corrected chi connectivity index (χ2v) is 5.04. The summed E-state index contributed by atoms with van der Waals surface area (Å²) < 4.78 is 5.58. The summed E-state index contributed by atoms with van der Waals surface area (Å²) >= 11 is 0. The molecular formula is C17H23NO. The fraction of sp³-hybridized carbons (Fsp3) is 0.412. The van der Waals surface area contributed by atoms with Crippen LogP contribution in [0.3, 0.4) is 0 Å². The van der Waals surface area contributed by atoms with Crippen LogP contribution in [0, 0.1) is 0 Å². The number of hydrogen-bond acceptors (Lipinski definition) is 2. The molecule has 1 aliphatic heterocycles. The van der Waals surface area contributed by atoms with Crippen molar-refractivity contribution in [2.45, 2.75) is 19.8 Å². The molecule has 0 aliphatic carbocycles. The van der Waals surface area contributed by atoms with Gasteiger partial charge in [0.15, 0.2) is 0 Å². The maximum Gasteiger partial charge on any atom is 0.119 e. The van der Waals surface area contributed by atoms with Crippen molar-refractivity contribution in [2.75, 3.05) is 26.7 Å². The van der Waals surface area contributed by atoms with E-state index in [4.69, 9.17) is 4.74 Å². The van der Waals surface area contributed by atoms with Crippen LogP contribution < -0.4 is 4.74 Å². The fourth-order valence-electron chi connectivity index (χ4n) is 2.04. The van der Waals surface area contributed by atoms with Crippen LogP contribution >= 0.6 is 0 Å². The number of allylic oxidation sites excluding steroid dienone is 1. The second kappa shape index (κ2) is 7.15. The Balaban J connectivity index is 1.92. The largest absolute Gasteiger partial charge is 0.494 e. The molecule has 0 radical (unpaired) electrons. The van der Waals surface area contributed by atoms with Crippen LogP contribution in [0.2, 0.25) is 0 Å². The Morgan fingerprint density at radius 2 is 2.00 bits per heavy atom. The highest BCUT2D eigenvalue weighted by atomic mass is 16.5. The molecule has 0 N–H and O–H groups in total. The number of nitrogens with zero attached hydrogens (tertiary/aromatic N) is 1. The third-order valence-corrected chi connectivity index (χ3v) is 3.29. The quantitative estimate of drug-likeness (QED) is 0.796. The SMILES string of the molecule is CCCOc1ccc(C=CC2=CCN(C)CC2)cc1. The van der Waals surface area contributed by atoms with Gasteiger partial charge in [-0.3, -0.25) is 0 Å². The van der Waals surface area contributed by atoms with Gasteiger partial charge < -0.3 is 9.64 Å². The molecule has 0 atom stereocenters. The molecule has 0 fully saturated rings. The van der Waals surface area contributed by atoms with Crippen molar-refractivity contribution in [1.29, 1.82) is 0 Å². The molecule has 1 aromatic carbocycles. The summed E-state index contributed by atoms with van der Waals surface area (Å²) in [5.74, 6) is 0.956. The van der Waals surface area contributed by atoms with Gasteiger partial charge in [-0.15, -0.1) is 0 Å². The topological polar surface area (TPSA) is 12.5 Å². The van der Waals surface area contributed by atoms with Gasteiger partial charge in [-0.2, -0.15) is 0 Å². The van der Waals surface area contributed by atoms with E-state index in [0.29, 0.717) is 0 Å². The molecule has 0 amide bonds. The van der Waals surface area contributed by atoms with E-state index in [2.05, 4.69) is 49.2 Å². The highest BCUT2D eigenvalue weighted by Gasteiger charge is 2.04. The normalized spacial score (nSPS) is 16.6. The lowest BCUT2D eigenvalue weighted by Crippen LogP contribution is -2.23. The molecule has 2 heteroatoms. The minimum atomic E-state index is 0.787. The molecular weight excluding hydrogens is 234 g/mol. The molecule has 1 heterocycles. The van der Waals surface area contributed by atoms with Crippen LogP contribution in [-0.2, 0) is 0 Å². The summed E-state index contributed by atoms with van der Waals surface area (Å²) in [5.41, 5.74) is 2.66. The average molecular weight is 257 g/mol. The van der Waals surface area contributed by atoms with Gasteiger partial charge in [0, 0.05) is 13.1 Å². The van der Waals surface area contributed by atoms with E-state index in [9.17, 15) is 0 Å². The van der Waals surface area contributed by atoms with Gasteiger partial charge in [0.25, 0.3) is 0 Å². The molecule has 0 unspecified atom stereocenters. The monoisotopic (exact) mass is 257 g/mol. The molecule has 0 saturated heterocycles. The summed E-state index contributed by atoms with van der Waals surface area (Å²) in [6, 6.07) is 8.30. The molecule has 0 saturated carbocycles. The highest BCUT2D eigenvalue weighted by molar-refractivity contribution is 5.54. The lowest BCUT2D eigenvalue weighted by Gasteiger charge is -2.20. The maximum atomic E-state index is 5.58. The Kier molecular flexibility index (Phi) is 5.22. The summed E-state index contributed by atoms with van der Waals surface area (Å²) in [6.45, 7) is 5.12. The van der Waals surface area contributed by atoms with Crippen molar-refractivity contribution in [1.82, 2.24) is 4.90 Å². The van der Waals surface area contributed by atoms with Gasteiger partial charge in [-0.1, -0.05) is 37.3 Å². The smallest absolute Gasteiger partial charge is 0.119 e. The van der Waals surface area contributed by atoms with E-state index in [1.807, 2.05) is 12.1 Å². The van der Waals surface area contributed by atoms with Crippen LogP contribution in [-0.4, -0.2) is 31.6 Å². The van der Waals surface area contributed by atoms with Crippen molar-refractivity contribution in [3.05, 3.63) is 47.6 Å². The van der Waals surface area contributed by atoms with Crippen LogP contribution in [0.15, 0.2) is 42.0 Å². The van der Waals surface area contributed by atoms with E-state index < -0.39 is 0 Å². The predicted molar refractivity (Wildman–Crippen MR) is 81.5 cm³/mol. The molecule has 0 bridgehead atoms. The van der Waals surface area contributed by atoms with Crippen molar-refractivity contribution in [3.63, 3.8) is 0 Å². The van der Waals surface area contributed by atoms with Crippen LogP contribution in [0.5, 0.6) is 5.75 Å². The van der Waals surface area contributed by atoms with Gasteiger partial charge >= 0.3 is 0 Å². The van der Waals surface area contributed by atoms with Crippen molar-refractivity contribution < 1.29 is 4.74 Å². The van der Waals surface area contributed by atoms with E-state index in [1.165, 1.54) is 11.1 Å². The van der Waals surface area contributed by atoms with Gasteiger partial charge in [0.1, 0.15) is 5.75 Å². The third-order valence-electron chi connectivity index (χ3n) is 3.29. The Morgan fingerprint density at radius 3 is 2.63 bits per heavy atom. The lowest BCUT2D eigenvalue weighted by molar-refractivity contribution is 0.317. The van der Waals surface area contributed by atoms with Gasteiger partial charge in [-0.25, -0.2) is 0 Å². The Hall–Kier alpha value is -1.54. The molecule has 1 aliphatic rings. The zero-order valence-corrected chi connectivity index (χ0v) is 11.9. The molecule has 1 aromatic rings. The fourth-order valence-corrected chi connectivity index (χ4v) is 2.04. The van der Waals surface area contributed by atoms with Crippen LogP contribution in [0.4, 0.5) is 0 Å². The number of likely N-dealkylation sites (N-methyl/N-ethyl adjacent to an activating group) is 1. The molecule has 102 valence electrons. The standard InChI is InChI=1S/C17H23NO/c1-3-14-19-17-8-6-15(7-9-17)4-5-16-10-12-18(2)13-11-16/h4-10H,3,11-14H2,1-2H3. The number of benzene rings is 1. The first kappa shape index (κ1) is 13.9. The maximum absolute atomic E-state index is 5.58. The average Bonchev–Trinajstić information content (AvgIpc) is 2.46. The number of hydrogen-bond donors (Lipinski definition) is 0. The first-order valence-corrected chi connectivity index (χ1v) is 7.06. The van der Waals surface area contributed by atoms with Crippen molar-refractivity contribution in [3.8, 4) is 5.75 Å². The van der Waals surface area contributed by atoms with Gasteiger partial charge in [0.05, 0.1) is 6.61 Å². The zero-order valence-electron chi connectivity index (χ0n) is 11.9. The van der Waals surface area contributed by atoms with E-state index >= 15 is 0 Å². The van der Waals surface area contributed by atoms with E-state index in [-0.39, 0.29) is 0 Å². The van der Waals surface area contributed by atoms with Gasteiger partial charge in [-0.05, 0) is 43.2 Å². The Morgan fingerprint density at radius 1 is 1.21 bits per heavy atom. The first-order chi connectivity index (χ1) is 9.28. The highest BCUT2D eigenvalue weighted by Crippen LogP contribution is 2.16. The number of ether oxygens (including phenoxy) is 1. The van der Waals surface area contributed by atoms with Crippen molar-refractivity contribution in [2.24, 2.45) is 0 Å². The number of rotatable bonds is 5. The Bertz CT molecular complexity index is 445. The third kappa shape index (κ3) is 4.56. The lowest BCUT2D eigenvalue weighted by atomic mass is 10.1. The summed E-state index contributed by atoms with van der Waals surface area (Å²) in [4.78, 5) is 2.33. The summed E-state index contributed by atoms with van der Waals surface area (Å²) in [7, 11) is 2.16.